The number of aliphatic hydroxyl groups is 2. The van der Waals surface area contributed by atoms with Gasteiger partial charge in [-0.3, -0.25) is 0 Å². The van der Waals surface area contributed by atoms with E-state index in [9.17, 15) is 19.8 Å². The van der Waals surface area contributed by atoms with Gasteiger partial charge in [-0.1, -0.05) is 12.2 Å². The standard InChI is InChI=1S/C8H8O6/c9-5-3-1-2-4(6(10)11)8(5,14)7(12)13/h1-3,5,9,14H,(H,10,11)(H,12,13). The SMILES string of the molecule is O=C(O)C1=CC=CC(O)C1(O)C(=O)O. The van der Waals surface area contributed by atoms with Crippen LogP contribution < -0.4 is 0 Å². The first-order valence-electron chi connectivity index (χ1n) is 3.66. The Kier molecular flexibility index (Phi) is 2.41. The maximum Gasteiger partial charge on any atom is 0.343 e. The molecule has 1 rings (SSSR count). The van der Waals surface area contributed by atoms with Crippen LogP contribution in [-0.4, -0.2) is 44.1 Å². The molecular weight excluding hydrogens is 192 g/mol. The van der Waals surface area contributed by atoms with Gasteiger partial charge in [0.05, 0.1) is 5.57 Å². The van der Waals surface area contributed by atoms with E-state index < -0.39 is 29.2 Å². The maximum atomic E-state index is 10.7. The van der Waals surface area contributed by atoms with Gasteiger partial charge in [0.1, 0.15) is 6.10 Å². The summed E-state index contributed by atoms with van der Waals surface area (Å²) in [7, 11) is 0. The Bertz CT molecular complexity index is 342. The van der Waals surface area contributed by atoms with Gasteiger partial charge in [-0.2, -0.15) is 0 Å². The molecule has 0 radical (unpaired) electrons. The largest absolute Gasteiger partial charge is 0.479 e. The Morgan fingerprint density at radius 2 is 1.93 bits per heavy atom. The van der Waals surface area contributed by atoms with Crippen molar-refractivity contribution in [1.29, 1.82) is 0 Å². The fourth-order valence-corrected chi connectivity index (χ4v) is 1.16. The lowest BCUT2D eigenvalue weighted by atomic mass is 9.84. The van der Waals surface area contributed by atoms with E-state index in [0.29, 0.717) is 0 Å². The highest BCUT2D eigenvalue weighted by atomic mass is 16.4. The number of rotatable bonds is 2. The van der Waals surface area contributed by atoms with Crippen molar-refractivity contribution in [3.05, 3.63) is 23.8 Å². The second kappa shape index (κ2) is 3.24. The molecule has 6 heteroatoms. The van der Waals surface area contributed by atoms with Crippen molar-refractivity contribution >= 4 is 11.9 Å². The maximum absolute atomic E-state index is 10.7. The highest BCUT2D eigenvalue weighted by Crippen LogP contribution is 2.26. The summed E-state index contributed by atoms with van der Waals surface area (Å²) in [5.74, 6) is -3.39. The van der Waals surface area contributed by atoms with Gasteiger partial charge in [-0.25, -0.2) is 9.59 Å². The lowest BCUT2D eigenvalue weighted by molar-refractivity contribution is -0.165. The molecule has 6 nitrogen and oxygen atoms in total. The topological polar surface area (TPSA) is 115 Å². The highest BCUT2D eigenvalue weighted by molar-refractivity contribution is 6.00. The van der Waals surface area contributed by atoms with Crippen LogP contribution in [0.3, 0.4) is 0 Å². The zero-order valence-corrected chi connectivity index (χ0v) is 6.91. The van der Waals surface area contributed by atoms with E-state index >= 15 is 0 Å². The van der Waals surface area contributed by atoms with Crippen LogP contribution >= 0.6 is 0 Å². The van der Waals surface area contributed by atoms with E-state index in [-0.39, 0.29) is 0 Å². The van der Waals surface area contributed by atoms with Gasteiger partial charge in [0, 0.05) is 0 Å². The third kappa shape index (κ3) is 1.30. The van der Waals surface area contributed by atoms with Crippen molar-refractivity contribution < 1.29 is 30.0 Å². The predicted octanol–water partition coefficient (Wildman–Crippen LogP) is -1.26. The first kappa shape index (κ1) is 10.4. The van der Waals surface area contributed by atoms with Gasteiger partial charge < -0.3 is 20.4 Å². The minimum atomic E-state index is -2.78. The molecule has 0 heterocycles. The van der Waals surface area contributed by atoms with E-state index in [0.717, 1.165) is 12.2 Å². The van der Waals surface area contributed by atoms with Crippen LogP contribution in [0.25, 0.3) is 0 Å². The van der Waals surface area contributed by atoms with Crippen LogP contribution in [0.5, 0.6) is 0 Å². The molecule has 4 N–H and O–H groups in total. The fraction of sp³-hybridized carbons (Fsp3) is 0.250. The van der Waals surface area contributed by atoms with Crippen molar-refractivity contribution in [3.63, 3.8) is 0 Å². The number of carboxylic acids is 2. The van der Waals surface area contributed by atoms with Crippen LogP contribution in [0.15, 0.2) is 23.8 Å². The summed E-state index contributed by atoms with van der Waals surface area (Å²) in [5.41, 5.74) is -3.54. The van der Waals surface area contributed by atoms with Crippen LogP contribution in [0.2, 0.25) is 0 Å². The Balaban J connectivity index is 3.25. The minimum absolute atomic E-state index is 0.764. The number of carbonyl (C=O) groups is 2. The molecule has 0 aromatic rings. The minimum Gasteiger partial charge on any atom is -0.479 e. The number of allylic oxidation sites excluding steroid dienone is 2. The average molecular weight is 200 g/mol. The van der Waals surface area contributed by atoms with E-state index in [1.54, 1.807) is 0 Å². The average Bonchev–Trinajstić information content (AvgIpc) is 2.08. The summed E-state index contributed by atoms with van der Waals surface area (Å²) in [5, 5.41) is 35.9. The number of hydrogen-bond donors (Lipinski definition) is 4. The van der Waals surface area contributed by atoms with Crippen LogP contribution in [-0.2, 0) is 9.59 Å². The third-order valence-electron chi connectivity index (χ3n) is 1.95. The zero-order chi connectivity index (χ0) is 10.9. The molecule has 0 amide bonds. The van der Waals surface area contributed by atoms with E-state index in [4.69, 9.17) is 10.2 Å². The molecule has 2 atom stereocenters. The molecule has 0 saturated heterocycles. The molecular formula is C8H8O6. The van der Waals surface area contributed by atoms with Crippen molar-refractivity contribution in [3.8, 4) is 0 Å². The van der Waals surface area contributed by atoms with Gasteiger partial charge in [0.25, 0.3) is 0 Å². The fourth-order valence-electron chi connectivity index (χ4n) is 1.16. The van der Waals surface area contributed by atoms with Crippen LogP contribution in [0.1, 0.15) is 0 Å². The molecule has 2 unspecified atom stereocenters. The Labute approximate surface area is 78.4 Å². The first-order valence-corrected chi connectivity index (χ1v) is 3.66. The monoisotopic (exact) mass is 200 g/mol. The quantitative estimate of drug-likeness (QED) is 0.442. The summed E-state index contributed by atoms with van der Waals surface area (Å²) >= 11 is 0. The molecule has 1 aliphatic carbocycles. The van der Waals surface area contributed by atoms with Crippen molar-refractivity contribution in [2.75, 3.05) is 0 Å². The Morgan fingerprint density at radius 1 is 1.36 bits per heavy atom. The molecule has 0 fully saturated rings. The summed E-state index contributed by atoms with van der Waals surface area (Å²) < 4.78 is 0. The predicted molar refractivity (Wildman–Crippen MR) is 43.5 cm³/mol. The summed E-state index contributed by atoms with van der Waals surface area (Å²) in [4.78, 5) is 21.2. The van der Waals surface area contributed by atoms with E-state index in [1.165, 1.54) is 6.08 Å². The molecule has 76 valence electrons. The molecule has 0 aliphatic heterocycles. The van der Waals surface area contributed by atoms with Crippen LogP contribution in [0.4, 0.5) is 0 Å². The van der Waals surface area contributed by atoms with Gasteiger partial charge in [0.15, 0.2) is 0 Å². The zero-order valence-electron chi connectivity index (χ0n) is 6.91. The number of carboxylic acid groups (broad SMARTS) is 2. The first-order chi connectivity index (χ1) is 6.40. The number of aliphatic carboxylic acids is 2. The van der Waals surface area contributed by atoms with E-state index in [2.05, 4.69) is 0 Å². The van der Waals surface area contributed by atoms with Gasteiger partial charge >= 0.3 is 11.9 Å². The Hall–Kier alpha value is -1.66. The lowest BCUT2D eigenvalue weighted by Gasteiger charge is -2.29. The Morgan fingerprint density at radius 3 is 2.29 bits per heavy atom. The normalized spacial score (nSPS) is 31.0. The van der Waals surface area contributed by atoms with Gasteiger partial charge in [-0.15, -0.1) is 0 Å². The van der Waals surface area contributed by atoms with Crippen molar-refractivity contribution in [1.82, 2.24) is 0 Å². The summed E-state index contributed by atoms with van der Waals surface area (Å²) in [6, 6.07) is 0. The summed E-state index contributed by atoms with van der Waals surface area (Å²) in [6.45, 7) is 0. The molecule has 1 aliphatic rings. The molecule has 0 saturated carbocycles. The third-order valence-corrected chi connectivity index (χ3v) is 1.95. The number of hydrogen-bond acceptors (Lipinski definition) is 4. The number of aliphatic hydroxyl groups excluding tert-OH is 1. The molecule has 0 aromatic carbocycles. The molecule has 0 aromatic heterocycles. The van der Waals surface area contributed by atoms with Crippen LogP contribution in [0, 0.1) is 0 Å². The molecule has 0 spiro atoms. The van der Waals surface area contributed by atoms with Gasteiger partial charge in [-0.05, 0) is 6.08 Å². The lowest BCUT2D eigenvalue weighted by Crippen LogP contribution is -2.53. The molecule has 0 bridgehead atoms. The highest BCUT2D eigenvalue weighted by Gasteiger charge is 2.50. The second-order valence-corrected chi connectivity index (χ2v) is 2.79. The van der Waals surface area contributed by atoms with E-state index in [1.807, 2.05) is 0 Å². The summed E-state index contributed by atoms with van der Waals surface area (Å²) in [6.07, 6.45) is 1.34. The molecule has 14 heavy (non-hydrogen) atoms. The smallest absolute Gasteiger partial charge is 0.343 e. The van der Waals surface area contributed by atoms with Crippen molar-refractivity contribution in [2.24, 2.45) is 0 Å². The van der Waals surface area contributed by atoms with Gasteiger partial charge in [0.2, 0.25) is 5.60 Å². The van der Waals surface area contributed by atoms with Crippen molar-refractivity contribution in [2.45, 2.75) is 11.7 Å². The second-order valence-electron chi connectivity index (χ2n) is 2.79.